The summed E-state index contributed by atoms with van der Waals surface area (Å²) >= 11 is 0. The molecule has 0 spiro atoms. The Bertz CT molecular complexity index is 461. The molecule has 1 aliphatic heterocycles. The fourth-order valence-corrected chi connectivity index (χ4v) is 2.40. The zero-order valence-corrected chi connectivity index (χ0v) is 10.9. The maximum Gasteiger partial charge on any atom is 0.309 e. The maximum absolute atomic E-state index is 13.2. The Balaban J connectivity index is 1.97. The molecule has 0 atom stereocenters. The third-order valence-corrected chi connectivity index (χ3v) is 3.82. The second-order valence-electron chi connectivity index (χ2n) is 5.46. The molecule has 1 fully saturated rings. The highest BCUT2D eigenvalue weighted by Gasteiger charge is 2.36. The van der Waals surface area contributed by atoms with Gasteiger partial charge in [-0.05, 0) is 50.6 Å². The van der Waals surface area contributed by atoms with Gasteiger partial charge in [-0.15, -0.1) is 0 Å². The Kier molecular flexibility index (Phi) is 3.75. The van der Waals surface area contributed by atoms with Gasteiger partial charge < -0.3 is 10.2 Å². The van der Waals surface area contributed by atoms with Gasteiger partial charge in [-0.3, -0.25) is 9.69 Å². The Morgan fingerprint density at radius 2 is 2.00 bits per heavy atom. The molecule has 1 saturated heterocycles. The van der Waals surface area contributed by atoms with Crippen LogP contribution in [0.5, 0.6) is 5.75 Å². The number of carbonyl (C=O) groups is 1. The zero-order valence-electron chi connectivity index (χ0n) is 10.9. The van der Waals surface area contributed by atoms with Crippen molar-refractivity contribution in [3.05, 3.63) is 29.6 Å². The number of carboxylic acid groups (broad SMARTS) is 1. The van der Waals surface area contributed by atoms with Crippen LogP contribution in [0.15, 0.2) is 18.2 Å². The molecule has 4 nitrogen and oxygen atoms in total. The van der Waals surface area contributed by atoms with E-state index in [-0.39, 0.29) is 5.75 Å². The van der Waals surface area contributed by atoms with Crippen molar-refractivity contribution in [2.75, 3.05) is 13.1 Å². The molecule has 19 heavy (non-hydrogen) atoms. The summed E-state index contributed by atoms with van der Waals surface area (Å²) in [6.07, 6.45) is 1.17. The first-order chi connectivity index (χ1) is 8.89. The van der Waals surface area contributed by atoms with Crippen molar-refractivity contribution in [1.82, 2.24) is 4.90 Å². The van der Waals surface area contributed by atoms with Gasteiger partial charge in [0.15, 0.2) is 0 Å². The smallest absolute Gasteiger partial charge is 0.309 e. The van der Waals surface area contributed by atoms with Crippen LogP contribution in [-0.4, -0.2) is 34.2 Å². The van der Waals surface area contributed by atoms with Crippen LogP contribution in [0.3, 0.4) is 0 Å². The molecule has 1 aromatic carbocycles. The van der Waals surface area contributed by atoms with Crippen molar-refractivity contribution in [3.8, 4) is 5.75 Å². The highest BCUT2D eigenvalue weighted by atomic mass is 19.1. The summed E-state index contributed by atoms with van der Waals surface area (Å²) in [4.78, 5) is 13.2. The van der Waals surface area contributed by atoms with Crippen molar-refractivity contribution in [2.24, 2.45) is 5.41 Å². The van der Waals surface area contributed by atoms with E-state index in [0.717, 1.165) is 6.07 Å². The third-order valence-electron chi connectivity index (χ3n) is 3.82. The number of hydrogen-bond donors (Lipinski definition) is 2. The molecule has 0 unspecified atom stereocenters. The van der Waals surface area contributed by atoms with E-state index in [1.54, 1.807) is 6.92 Å². The first-order valence-electron chi connectivity index (χ1n) is 6.33. The third kappa shape index (κ3) is 3.23. The minimum absolute atomic E-state index is 0.0811. The van der Waals surface area contributed by atoms with E-state index in [1.807, 2.05) is 0 Å². The highest BCUT2D eigenvalue weighted by molar-refractivity contribution is 5.74. The highest BCUT2D eigenvalue weighted by Crippen LogP contribution is 2.31. The van der Waals surface area contributed by atoms with Crippen molar-refractivity contribution in [3.63, 3.8) is 0 Å². The number of rotatable bonds is 3. The lowest BCUT2D eigenvalue weighted by atomic mass is 9.80. The number of aliphatic carboxylic acids is 1. The number of piperidine rings is 1. The van der Waals surface area contributed by atoms with Crippen molar-refractivity contribution in [1.29, 1.82) is 0 Å². The van der Waals surface area contributed by atoms with E-state index in [0.29, 0.717) is 38.0 Å². The Morgan fingerprint density at radius 1 is 1.37 bits per heavy atom. The molecular formula is C14H18FNO3. The molecule has 5 heteroatoms. The SMILES string of the molecule is CC1(C(=O)O)CCN(Cc2cc(O)cc(F)c2)CC1. The van der Waals surface area contributed by atoms with Crippen LogP contribution in [0.1, 0.15) is 25.3 Å². The number of carboxylic acids is 1. The van der Waals surface area contributed by atoms with Crippen LogP contribution in [0, 0.1) is 11.2 Å². The normalized spacial score (nSPS) is 19.3. The monoisotopic (exact) mass is 267 g/mol. The van der Waals surface area contributed by atoms with E-state index in [2.05, 4.69) is 4.90 Å². The van der Waals surface area contributed by atoms with Crippen molar-refractivity contribution in [2.45, 2.75) is 26.3 Å². The van der Waals surface area contributed by atoms with E-state index in [1.165, 1.54) is 12.1 Å². The van der Waals surface area contributed by atoms with Gasteiger partial charge in [-0.25, -0.2) is 4.39 Å². The minimum Gasteiger partial charge on any atom is -0.508 e. The summed E-state index contributed by atoms with van der Waals surface area (Å²) in [5.74, 6) is -1.29. The van der Waals surface area contributed by atoms with Crippen LogP contribution >= 0.6 is 0 Å². The molecule has 2 rings (SSSR count). The van der Waals surface area contributed by atoms with Gasteiger partial charge in [0, 0.05) is 12.6 Å². The summed E-state index contributed by atoms with van der Waals surface area (Å²) < 4.78 is 13.2. The molecule has 0 aliphatic carbocycles. The van der Waals surface area contributed by atoms with E-state index >= 15 is 0 Å². The van der Waals surface area contributed by atoms with Crippen LogP contribution in [0.2, 0.25) is 0 Å². The second-order valence-corrected chi connectivity index (χ2v) is 5.46. The quantitative estimate of drug-likeness (QED) is 0.881. The van der Waals surface area contributed by atoms with Gasteiger partial charge in [0.1, 0.15) is 11.6 Å². The number of likely N-dealkylation sites (tertiary alicyclic amines) is 1. The Labute approximate surface area is 111 Å². The predicted octanol–water partition coefficient (Wildman–Crippen LogP) is 2.22. The molecule has 0 aromatic heterocycles. The predicted molar refractivity (Wildman–Crippen MR) is 68.3 cm³/mol. The fourth-order valence-electron chi connectivity index (χ4n) is 2.40. The van der Waals surface area contributed by atoms with Gasteiger partial charge in [-0.2, -0.15) is 0 Å². The van der Waals surface area contributed by atoms with E-state index in [4.69, 9.17) is 5.11 Å². The molecule has 0 amide bonds. The van der Waals surface area contributed by atoms with E-state index in [9.17, 15) is 14.3 Å². The summed E-state index contributed by atoms with van der Waals surface area (Å²) in [7, 11) is 0. The maximum atomic E-state index is 13.2. The van der Waals surface area contributed by atoms with Crippen LogP contribution in [0.4, 0.5) is 4.39 Å². The second kappa shape index (κ2) is 5.17. The largest absolute Gasteiger partial charge is 0.508 e. The number of halogens is 1. The molecule has 2 N–H and O–H groups in total. The van der Waals surface area contributed by atoms with Gasteiger partial charge in [0.25, 0.3) is 0 Å². The first-order valence-corrected chi connectivity index (χ1v) is 6.33. The van der Waals surface area contributed by atoms with Crippen LogP contribution in [-0.2, 0) is 11.3 Å². The van der Waals surface area contributed by atoms with Crippen molar-refractivity contribution >= 4 is 5.97 Å². The molecule has 1 aliphatic rings. The lowest BCUT2D eigenvalue weighted by molar-refractivity contribution is -0.150. The topological polar surface area (TPSA) is 60.8 Å². The summed E-state index contributed by atoms with van der Waals surface area (Å²) in [6.45, 7) is 3.63. The number of benzene rings is 1. The van der Waals surface area contributed by atoms with Gasteiger partial charge >= 0.3 is 5.97 Å². The summed E-state index contributed by atoms with van der Waals surface area (Å²) in [5, 5.41) is 18.5. The van der Waals surface area contributed by atoms with Gasteiger partial charge in [0.2, 0.25) is 0 Å². The number of nitrogens with zero attached hydrogens (tertiary/aromatic N) is 1. The first kappa shape index (κ1) is 13.8. The van der Waals surface area contributed by atoms with Crippen LogP contribution in [0.25, 0.3) is 0 Å². The minimum atomic E-state index is -0.754. The lowest BCUT2D eigenvalue weighted by Crippen LogP contribution is -2.42. The molecule has 104 valence electrons. The Hall–Kier alpha value is -1.62. The number of aromatic hydroxyl groups is 1. The number of phenols is 1. The molecule has 0 bridgehead atoms. The average Bonchev–Trinajstić information content (AvgIpc) is 2.31. The van der Waals surface area contributed by atoms with E-state index < -0.39 is 17.2 Å². The molecular weight excluding hydrogens is 249 g/mol. The van der Waals surface area contributed by atoms with Crippen molar-refractivity contribution < 1.29 is 19.4 Å². The number of hydrogen-bond acceptors (Lipinski definition) is 3. The average molecular weight is 267 g/mol. The fraction of sp³-hybridized carbons (Fsp3) is 0.500. The summed E-state index contributed by atoms with van der Waals surface area (Å²) in [6, 6.07) is 4.00. The molecule has 0 radical (unpaired) electrons. The molecule has 0 saturated carbocycles. The number of phenolic OH excluding ortho intramolecular Hbond substituents is 1. The molecule has 1 heterocycles. The summed E-state index contributed by atoms with van der Waals surface area (Å²) in [5.41, 5.74) is 0.0528. The zero-order chi connectivity index (χ0) is 14.0. The van der Waals surface area contributed by atoms with Crippen LogP contribution < -0.4 is 0 Å². The Morgan fingerprint density at radius 3 is 2.53 bits per heavy atom. The lowest BCUT2D eigenvalue weighted by Gasteiger charge is -2.36. The van der Waals surface area contributed by atoms with Gasteiger partial charge in [0.05, 0.1) is 5.41 Å². The molecule has 1 aromatic rings. The standard InChI is InChI=1S/C14H18FNO3/c1-14(13(18)19)2-4-16(5-3-14)9-10-6-11(15)8-12(17)7-10/h6-8,17H,2-5,9H2,1H3,(H,18,19). The van der Waals surface area contributed by atoms with Gasteiger partial charge in [-0.1, -0.05) is 0 Å².